The number of H-pyrrole nitrogens is 1. The zero-order chi connectivity index (χ0) is 13.0. The van der Waals surface area contributed by atoms with Crippen LogP contribution in [0, 0.1) is 5.92 Å². The Morgan fingerprint density at radius 3 is 3.05 bits per heavy atom. The lowest BCUT2D eigenvalue weighted by Crippen LogP contribution is -2.44. The van der Waals surface area contributed by atoms with Gasteiger partial charge < -0.3 is 4.98 Å². The highest BCUT2D eigenvalue weighted by molar-refractivity contribution is 5.85. The highest BCUT2D eigenvalue weighted by Crippen LogP contribution is 2.47. The zero-order valence-electron chi connectivity index (χ0n) is 11.9. The van der Waals surface area contributed by atoms with Crippen LogP contribution < -0.4 is 0 Å². The molecule has 2 heteroatoms. The van der Waals surface area contributed by atoms with Crippen molar-refractivity contribution in [3.8, 4) is 0 Å². The fourth-order valence-corrected chi connectivity index (χ4v) is 4.31. The summed E-state index contributed by atoms with van der Waals surface area (Å²) in [6.07, 6.45) is 3.82. The largest absolute Gasteiger partial charge is 0.357 e. The molecule has 1 N–H and O–H groups in total. The molecule has 0 radical (unpaired) electrons. The van der Waals surface area contributed by atoms with E-state index in [2.05, 4.69) is 48.0 Å². The van der Waals surface area contributed by atoms with Gasteiger partial charge in [0.1, 0.15) is 0 Å². The first-order chi connectivity index (χ1) is 9.22. The molecule has 3 heterocycles. The van der Waals surface area contributed by atoms with Crippen molar-refractivity contribution in [1.29, 1.82) is 0 Å². The van der Waals surface area contributed by atoms with Crippen LogP contribution in [0.15, 0.2) is 24.3 Å². The lowest BCUT2D eigenvalue weighted by Gasteiger charge is -2.39. The molecule has 0 saturated carbocycles. The van der Waals surface area contributed by atoms with Crippen molar-refractivity contribution in [3.63, 3.8) is 0 Å². The van der Waals surface area contributed by atoms with E-state index >= 15 is 0 Å². The molecule has 4 rings (SSSR count). The number of nitrogens with one attached hydrogen (secondary N) is 1. The van der Waals surface area contributed by atoms with E-state index in [1.54, 1.807) is 5.56 Å². The molecular formula is C17H22N2. The minimum Gasteiger partial charge on any atom is -0.357 e. The highest BCUT2D eigenvalue weighted by Gasteiger charge is 2.46. The maximum absolute atomic E-state index is 3.73. The third kappa shape index (κ3) is 1.47. The van der Waals surface area contributed by atoms with Crippen LogP contribution in [0.5, 0.6) is 0 Å². The predicted octanol–water partition coefficient (Wildman–Crippen LogP) is 3.67. The first-order valence-corrected chi connectivity index (χ1v) is 7.57. The van der Waals surface area contributed by atoms with Crippen molar-refractivity contribution in [1.82, 2.24) is 9.88 Å². The van der Waals surface area contributed by atoms with Crippen molar-refractivity contribution >= 4 is 10.9 Å². The minimum absolute atomic E-state index is 0.243. The van der Waals surface area contributed by atoms with Crippen molar-refractivity contribution in [2.24, 2.45) is 5.92 Å². The summed E-state index contributed by atoms with van der Waals surface area (Å²) in [5.41, 5.74) is 4.63. The SMILES string of the molecule is CC[C@@H]1CN2CCc3c([nH]c4ccccc34)[C@@]2(C)C1. The summed E-state index contributed by atoms with van der Waals surface area (Å²) in [7, 11) is 0. The van der Waals surface area contributed by atoms with Crippen LogP contribution >= 0.6 is 0 Å². The van der Waals surface area contributed by atoms with Crippen LogP contribution in [0.4, 0.5) is 0 Å². The molecule has 1 aromatic carbocycles. The van der Waals surface area contributed by atoms with E-state index in [-0.39, 0.29) is 5.54 Å². The molecule has 2 nitrogen and oxygen atoms in total. The van der Waals surface area contributed by atoms with Gasteiger partial charge in [-0.05, 0) is 37.3 Å². The molecule has 2 aliphatic rings. The number of rotatable bonds is 1. The van der Waals surface area contributed by atoms with Gasteiger partial charge in [-0.3, -0.25) is 4.90 Å². The van der Waals surface area contributed by atoms with Crippen LogP contribution in [0.25, 0.3) is 10.9 Å². The van der Waals surface area contributed by atoms with E-state index in [1.807, 2.05) is 0 Å². The van der Waals surface area contributed by atoms with Gasteiger partial charge in [-0.25, -0.2) is 0 Å². The molecule has 2 aromatic rings. The Morgan fingerprint density at radius 1 is 1.37 bits per heavy atom. The maximum Gasteiger partial charge on any atom is 0.0589 e. The molecule has 19 heavy (non-hydrogen) atoms. The summed E-state index contributed by atoms with van der Waals surface area (Å²) in [6, 6.07) is 8.78. The number of aromatic nitrogens is 1. The van der Waals surface area contributed by atoms with Gasteiger partial charge in [-0.15, -0.1) is 0 Å². The van der Waals surface area contributed by atoms with Crippen molar-refractivity contribution in [2.45, 2.75) is 38.6 Å². The average molecular weight is 254 g/mol. The molecule has 0 unspecified atom stereocenters. The van der Waals surface area contributed by atoms with Gasteiger partial charge in [0.2, 0.25) is 0 Å². The summed E-state index contributed by atoms with van der Waals surface area (Å²) in [4.78, 5) is 6.44. The van der Waals surface area contributed by atoms with Crippen molar-refractivity contribution in [2.75, 3.05) is 13.1 Å². The smallest absolute Gasteiger partial charge is 0.0589 e. The summed E-state index contributed by atoms with van der Waals surface area (Å²) in [6.45, 7) is 7.28. The fraction of sp³-hybridized carbons (Fsp3) is 0.529. The van der Waals surface area contributed by atoms with E-state index in [0.717, 1.165) is 5.92 Å². The number of hydrogen-bond acceptors (Lipinski definition) is 1. The van der Waals surface area contributed by atoms with Crippen LogP contribution in [0.2, 0.25) is 0 Å². The van der Waals surface area contributed by atoms with Crippen LogP contribution in [-0.2, 0) is 12.0 Å². The number of hydrogen-bond donors (Lipinski definition) is 1. The molecule has 1 fully saturated rings. The van der Waals surface area contributed by atoms with E-state index in [4.69, 9.17) is 0 Å². The van der Waals surface area contributed by atoms with Gasteiger partial charge in [-0.1, -0.05) is 31.5 Å². The van der Waals surface area contributed by atoms with E-state index in [1.165, 1.54) is 48.9 Å². The number of benzene rings is 1. The first kappa shape index (κ1) is 11.5. The quantitative estimate of drug-likeness (QED) is 0.822. The van der Waals surface area contributed by atoms with Crippen molar-refractivity contribution in [3.05, 3.63) is 35.5 Å². The van der Waals surface area contributed by atoms with Gasteiger partial charge in [0.25, 0.3) is 0 Å². The van der Waals surface area contributed by atoms with Gasteiger partial charge in [0.05, 0.1) is 5.54 Å². The average Bonchev–Trinajstić information content (AvgIpc) is 2.96. The molecule has 2 atom stereocenters. The molecule has 0 aliphatic carbocycles. The monoisotopic (exact) mass is 254 g/mol. The molecule has 2 aliphatic heterocycles. The summed E-state index contributed by atoms with van der Waals surface area (Å²) in [5, 5.41) is 1.44. The van der Waals surface area contributed by atoms with E-state index in [9.17, 15) is 0 Å². The Kier molecular flexibility index (Phi) is 2.34. The molecular weight excluding hydrogens is 232 g/mol. The van der Waals surface area contributed by atoms with Gasteiger partial charge in [-0.2, -0.15) is 0 Å². The Morgan fingerprint density at radius 2 is 2.21 bits per heavy atom. The summed E-state index contributed by atoms with van der Waals surface area (Å²) in [5.74, 6) is 0.863. The molecule has 0 bridgehead atoms. The first-order valence-electron chi connectivity index (χ1n) is 7.57. The number of aromatic amines is 1. The Hall–Kier alpha value is -1.28. The third-order valence-corrected chi connectivity index (χ3v) is 5.42. The normalized spacial score (nSPS) is 30.5. The summed E-state index contributed by atoms with van der Waals surface area (Å²) < 4.78 is 0. The number of nitrogens with zero attached hydrogens (tertiary/aromatic N) is 1. The molecule has 100 valence electrons. The number of fused-ring (bicyclic) bond motifs is 5. The van der Waals surface area contributed by atoms with Gasteiger partial charge in [0.15, 0.2) is 0 Å². The fourth-order valence-electron chi connectivity index (χ4n) is 4.31. The van der Waals surface area contributed by atoms with E-state index < -0.39 is 0 Å². The second kappa shape index (κ2) is 3.86. The highest BCUT2D eigenvalue weighted by atomic mass is 15.2. The molecule has 1 saturated heterocycles. The molecule has 1 aromatic heterocycles. The van der Waals surface area contributed by atoms with Crippen LogP contribution in [0.1, 0.15) is 37.9 Å². The van der Waals surface area contributed by atoms with Gasteiger partial charge in [0, 0.05) is 29.7 Å². The van der Waals surface area contributed by atoms with Gasteiger partial charge >= 0.3 is 0 Å². The minimum atomic E-state index is 0.243. The Balaban J connectivity index is 1.90. The topological polar surface area (TPSA) is 19.0 Å². The standard InChI is InChI=1S/C17H22N2/c1-3-12-10-17(2)16-14(8-9-19(17)11-12)13-6-4-5-7-15(13)18-16/h4-7,12,18H,3,8-11H2,1-2H3/t12-,17+/m0/s1. The zero-order valence-corrected chi connectivity index (χ0v) is 11.9. The number of para-hydroxylation sites is 1. The molecule has 0 spiro atoms. The van der Waals surface area contributed by atoms with Crippen LogP contribution in [-0.4, -0.2) is 23.0 Å². The van der Waals surface area contributed by atoms with Crippen molar-refractivity contribution < 1.29 is 0 Å². The van der Waals surface area contributed by atoms with Crippen LogP contribution in [0.3, 0.4) is 0 Å². The lowest BCUT2D eigenvalue weighted by molar-refractivity contribution is 0.139. The second-order valence-electron chi connectivity index (χ2n) is 6.47. The predicted molar refractivity (Wildman–Crippen MR) is 79.3 cm³/mol. The summed E-state index contributed by atoms with van der Waals surface area (Å²) >= 11 is 0. The Labute approximate surface area is 114 Å². The lowest BCUT2D eigenvalue weighted by atomic mass is 9.84. The Bertz CT molecular complexity index is 627. The van der Waals surface area contributed by atoms with E-state index in [0.29, 0.717) is 0 Å². The molecule has 0 amide bonds. The third-order valence-electron chi connectivity index (χ3n) is 5.42. The maximum atomic E-state index is 3.73. The second-order valence-corrected chi connectivity index (χ2v) is 6.47.